The number of nitrogens with zero attached hydrogens (tertiary/aromatic N) is 1. The van der Waals surface area contributed by atoms with Gasteiger partial charge in [0.1, 0.15) is 0 Å². The van der Waals surface area contributed by atoms with Gasteiger partial charge < -0.3 is 10.6 Å². The summed E-state index contributed by atoms with van der Waals surface area (Å²) in [6.45, 7) is 3.56. The highest BCUT2D eigenvalue weighted by Gasteiger charge is 2.28. The molecule has 2 rings (SSSR count). The maximum atomic E-state index is 12.0. The van der Waals surface area contributed by atoms with E-state index < -0.39 is 0 Å². The van der Waals surface area contributed by atoms with Gasteiger partial charge in [0, 0.05) is 31.5 Å². The van der Waals surface area contributed by atoms with Gasteiger partial charge in [-0.1, -0.05) is 37.3 Å². The number of likely N-dealkylation sites (tertiary alicyclic amines) is 1. The summed E-state index contributed by atoms with van der Waals surface area (Å²) in [7, 11) is 0. The zero-order valence-electron chi connectivity index (χ0n) is 11.0. The van der Waals surface area contributed by atoms with Crippen molar-refractivity contribution in [1.82, 2.24) is 4.90 Å². The molecule has 98 valence electrons. The number of carbonyl (C=O) groups is 1. The van der Waals surface area contributed by atoms with E-state index in [9.17, 15) is 4.79 Å². The summed E-state index contributed by atoms with van der Waals surface area (Å²) < 4.78 is 0. The van der Waals surface area contributed by atoms with Crippen molar-refractivity contribution in [3.05, 3.63) is 35.9 Å². The number of rotatable bonds is 3. The molecule has 0 aliphatic carbocycles. The Kier molecular flexibility index (Phi) is 4.37. The molecule has 0 bridgehead atoms. The molecule has 1 aromatic rings. The van der Waals surface area contributed by atoms with E-state index in [2.05, 4.69) is 12.1 Å². The summed E-state index contributed by atoms with van der Waals surface area (Å²) in [6.07, 6.45) is 2.51. The molecule has 3 heteroatoms. The van der Waals surface area contributed by atoms with Crippen LogP contribution in [0.1, 0.15) is 37.7 Å². The standard InChI is InChI=1S/C15H22N2O/c1-2-6-15(18)17-10-13(9-14(16)11-17)12-7-4-3-5-8-12/h3-5,7-8,13-14H,2,6,9-11,16H2,1H3. The summed E-state index contributed by atoms with van der Waals surface area (Å²) in [5.41, 5.74) is 7.39. The normalized spacial score (nSPS) is 24.0. The Labute approximate surface area is 109 Å². The highest BCUT2D eigenvalue weighted by atomic mass is 16.2. The van der Waals surface area contributed by atoms with Crippen LogP contribution >= 0.6 is 0 Å². The van der Waals surface area contributed by atoms with Crippen LogP contribution in [0.25, 0.3) is 0 Å². The summed E-state index contributed by atoms with van der Waals surface area (Å²) >= 11 is 0. The maximum Gasteiger partial charge on any atom is 0.222 e. The third-order valence-corrected chi connectivity index (χ3v) is 3.57. The van der Waals surface area contributed by atoms with Gasteiger partial charge in [0.05, 0.1) is 0 Å². The van der Waals surface area contributed by atoms with Crippen molar-refractivity contribution < 1.29 is 4.79 Å². The lowest BCUT2D eigenvalue weighted by Crippen LogP contribution is -2.48. The molecule has 0 aromatic heterocycles. The number of carbonyl (C=O) groups excluding carboxylic acids is 1. The predicted molar refractivity (Wildman–Crippen MR) is 73.3 cm³/mol. The lowest BCUT2D eigenvalue weighted by Gasteiger charge is -2.36. The zero-order chi connectivity index (χ0) is 13.0. The fraction of sp³-hybridized carbons (Fsp3) is 0.533. The summed E-state index contributed by atoms with van der Waals surface area (Å²) in [5, 5.41) is 0. The van der Waals surface area contributed by atoms with Crippen LogP contribution < -0.4 is 5.73 Å². The number of benzene rings is 1. The van der Waals surface area contributed by atoms with E-state index in [-0.39, 0.29) is 11.9 Å². The summed E-state index contributed by atoms with van der Waals surface area (Å²) in [4.78, 5) is 13.9. The number of amides is 1. The van der Waals surface area contributed by atoms with Crippen molar-refractivity contribution in [2.45, 2.75) is 38.1 Å². The van der Waals surface area contributed by atoms with E-state index in [1.54, 1.807) is 0 Å². The average Bonchev–Trinajstić information content (AvgIpc) is 2.39. The van der Waals surface area contributed by atoms with Crippen molar-refractivity contribution in [3.8, 4) is 0 Å². The van der Waals surface area contributed by atoms with Crippen molar-refractivity contribution in [1.29, 1.82) is 0 Å². The Morgan fingerprint density at radius 3 is 2.72 bits per heavy atom. The first-order valence-electron chi connectivity index (χ1n) is 6.79. The SMILES string of the molecule is CCCC(=O)N1CC(N)CC(c2ccccc2)C1. The number of piperidine rings is 1. The molecule has 0 saturated carbocycles. The lowest BCUT2D eigenvalue weighted by atomic mass is 9.88. The van der Waals surface area contributed by atoms with E-state index in [1.807, 2.05) is 30.0 Å². The largest absolute Gasteiger partial charge is 0.341 e. The van der Waals surface area contributed by atoms with E-state index in [0.717, 1.165) is 19.4 Å². The van der Waals surface area contributed by atoms with Crippen LogP contribution in [0.2, 0.25) is 0 Å². The summed E-state index contributed by atoms with van der Waals surface area (Å²) in [5.74, 6) is 0.629. The Bertz CT molecular complexity index is 391. The molecule has 1 amide bonds. The fourth-order valence-electron chi connectivity index (χ4n) is 2.68. The molecule has 18 heavy (non-hydrogen) atoms. The Balaban J connectivity index is 2.07. The number of nitrogens with two attached hydrogens (primary N) is 1. The Morgan fingerprint density at radius 2 is 2.06 bits per heavy atom. The van der Waals surface area contributed by atoms with E-state index in [0.29, 0.717) is 18.9 Å². The highest BCUT2D eigenvalue weighted by molar-refractivity contribution is 5.76. The van der Waals surface area contributed by atoms with Gasteiger partial charge in [0.25, 0.3) is 0 Å². The molecule has 1 heterocycles. The van der Waals surface area contributed by atoms with Gasteiger partial charge in [-0.15, -0.1) is 0 Å². The van der Waals surface area contributed by atoms with Crippen LogP contribution in [0.15, 0.2) is 30.3 Å². The third kappa shape index (κ3) is 3.10. The van der Waals surface area contributed by atoms with Crippen LogP contribution in [-0.2, 0) is 4.79 Å². The van der Waals surface area contributed by atoms with Gasteiger partial charge in [-0.2, -0.15) is 0 Å². The molecule has 1 aliphatic rings. The van der Waals surface area contributed by atoms with Gasteiger partial charge in [-0.3, -0.25) is 4.79 Å². The smallest absolute Gasteiger partial charge is 0.222 e. The molecule has 1 fully saturated rings. The maximum absolute atomic E-state index is 12.0. The third-order valence-electron chi connectivity index (χ3n) is 3.57. The van der Waals surface area contributed by atoms with Gasteiger partial charge in [-0.25, -0.2) is 0 Å². The fourth-order valence-corrected chi connectivity index (χ4v) is 2.68. The topological polar surface area (TPSA) is 46.3 Å². The molecule has 0 radical (unpaired) electrons. The van der Waals surface area contributed by atoms with Crippen LogP contribution in [0.4, 0.5) is 0 Å². The molecule has 2 N–H and O–H groups in total. The summed E-state index contributed by atoms with van der Waals surface area (Å²) in [6, 6.07) is 10.5. The molecule has 1 aliphatic heterocycles. The van der Waals surface area contributed by atoms with E-state index in [4.69, 9.17) is 5.73 Å². The average molecular weight is 246 g/mol. The van der Waals surface area contributed by atoms with Gasteiger partial charge in [-0.05, 0) is 18.4 Å². The molecule has 1 saturated heterocycles. The second kappa shape index (κ2) is 6.01. The Hall–Kier alpha value is -1.35. The molecule has 1 aromatic carbocycles. The first-order chi connectivity index (χ1) is 8.70. The molecule has 0 spiro atoms. The second-order valence-electron chi connectivity index (χ2n) is 5.15. The van der Waals surface area contributed by atoms with E-state index >= 15 is 0 Å². The lowest BCUT2D eigenvalue weighted by molar-refractivity contribution is -0.132. The van der Waals surface area contributed by atoms with Crippen molar-refractivity contribution in [2.24, 2.45) is 5.73 Å². The monoisotopic (exact) mass is 246 g/mol. The number of hydrogen-bond donors (Lipinski definition) is 1. The first kappa shape index (κ1) is 13.1. The van der Waals surface area contributed by atoms with Crippen molar-refractivity contribution in [3.63, 3.8) is 0 Å². The van der Waals surface area contributed by atoms with Crippen LogP contribution in [0.5, 0.6) is 0 Å². The van der Waals surface area contributed by atoms with E-state index in [1.165, 1.54) is 5.56 Å². The quantitative estimate of drug-likeness (QED) is 0.888. The molecule has 2 unspecified atom stereocenters. The van der Waals surface area contributed by atoms with Crippen molar-refractivity contribution >= 4 is 5.91 Å². The van der Waals surface area contributed by atoms with Crippen molar-refractivity contribution in [2.75, 3.05) is 13.1 Å². The molecule has 3 nitrogen and oxygen atoms in total. The first-order valence-corrected chi connectivity index (χ1v) is 6.79. The molecular formula is C15H22N2O. The molecular weight excluding hydrogens is 224 g/mol. The minimum atomic E-state index is 0.102. The molecule has 2 atom stereocenters. The predicted octanol–water partition coefficient (Wildman–Crippen LogP) is 2.13. The van der Waals surface area contributed by atoms with Gasteiger partial charge in [0.15, 0.2) is 0 Å². The zero-order valence-corrected chi connectivity index (χ0v) is 11.0. The minimum absolute atomic E-state index is 0.102. The highest BCUT2D eigenvalue weighted by Crippen LogP contribution is 2.26. The van der Waals surface area contributed by atoms with Gasteiger partial charge in [0.2, 0.25) is 5.91 Å². The van der Waals surface area contributed by atoms with Crippen LogP contribution in [0.3, 0.4) is 0 Å². The van der Waals surface area contributed by atoms with Crippen LogP contribution in [0, 0.1) is 0 Å². The number of hydrogen-bond acceptors (Lipinski definition) is 2. The Morgan fingerprint density at radius 1 is 1.33 bits per heavy atom. The van der Waals surface area contributed by atoms with Gasteiger partial charge >= 0.3 is 0 Å². The second-order valence-corrected chi connectivity index (χ2v) is 5.15. The van der Waals surface area contributed by atoms with Crippen LogP contribution in [-0.4, -0.2) is 29.9 Å². The minimum Gasteiger partial charge on any atom is -0.341 e.